The van der Waals surface area contributed by atoms with Crippen LogP contribution in [0.3, 0.4) is 0 Å². The third-order valence-electron chi connectivity index (χ3n) is 5.48. The molecule has 0 atom stereocenters. The van der Waals surface area contributed by atoms with Crippen molar-refractivity contribution in [1.29, 1.82) is 0 Å². The maximum atomic E-state index is 13.0. The zero-order valence-corrected chi connectivity index (χ0v) is 20.6. The Morgan fingerprint density at radius 1 is 0.778 bits per heavy atom. The van der Waals surface area contributed by atoms with Crippen molar-refractivity contribution in [1.82, 2.24) is 0 Å². The number of carbonyl (C=O) groups is 3. The summed E-state index contributed by atoms with van der Waals surface area (Å²) in [6.07, 6.45) is 0. The highest BCUT2D eigenvalue weighted by Crippen LogP contribution is 2.33. The van der Waals surface area contributed by atoms with Crippen LogP contribution in [0.15, 0.2) is 95.7 Å². The topological polar surface area (TPSA) is 75.7 Å². The second-order valence-corrected chi connectivity index (χ2v) is 9.08. The molecule has 1 N–H and O–H groups in total. The van der Waals surface area contributed by atoms with Crippen LogP contribution in [-0.4, -0.2) is 17.8 Å². The number of nitrogens with zero attached hydrogens (tertiary/aromatic N) is 1. The normalized spacial score (nSPS) is 13.5. The Kier molecular flexibility index (Phi) is 6.41. The number of esters is 1. The predicted molar refractivity (Wildman–Crippen MR) is 141 cm³/mol. The fourth-order valence-electron chi connectivity index (χ4n) is 3.79. The Bertz CT molecular complexity index is 1560. The van der Waals surface area contributed by atoms with Crippen molar-refractivity contribution in [2.75, 3.05) is 10.2 Å². The molecule has 1 aliphatic rings. The number of amides is 2. The average Bonchev–Trinajstić information content (AvgIpc) is 3.07. The summed E-state index contributed by atoms with van der Waals surface area (Å²) in [7, 11) is 0. The van der Waals surface area contributed by atoms with Gasteiger partial charge in [0.1, 0.15) is 16.5 Å². The van der Waals surface area contributed by atoms with Crippen LogP contribution in [0, 0.1) is 0 Å². The maximum absolute atomic E-state index is 13.0. The molecule has 0 saturated carbocycles. The SMILES string of the molecule is O=C(Oc1cccc2ccccc12)c1ccc(NC2=C(Cl)C(=O)N(c3cc(Cl)cc(Cl)c3)C2=O)cc1. The van der Waals surface area contributed by atoms with Gasteiger partial charge in [0.25, 0.3) is 11.8 Å². The van der Waals surface area contributed by atoms with Gasteiger partial charge >= 0.3 is 5.97 Å². The summed E-state index contributed by atoms with van der Waals surface area (Å²) in [6, 6.07) is 23.7. The lowest BCUT2D eigenvalue weighted by Gasteiger charge is -2.16. The summed E-state index contributed by atoms with van der Waals surface area (Å²) in [5.74, 6) is -1.46. The number of imide groups is 1. The van der Waals surface area contributed by atoms with Crippen LogP contribution in [0.5, 0.6) is 5.75 Å². The van der Waals surface area contributed by atoms with E-state index >= 15 is 0 Å². The molecular formula is C27H15Cl3N2O4. The summed E-state index contributed by atoms with van der Waals surface area (Å²) < 4.78 is 5.60. The maximum Gasteiger partial charge on any atom is 0.343 e. The molecule has 9 heteroatoms. The molecule has 1 aliphatic heterocycles. The van der Waals surface area contributed by atoms with E-state index in [1.165, 1.54) is 18.2 Å². The third kappa shape index (κ3) is 4.54. The Balaban J connectivity index is 1.33. The molecule has 0 unspecified atom stereocenters. The zero-order chi connectivity index (χ0) is 25.4. The lowest BCUT2D eigenvalue weighted by Crippen LogP contribution is -2.32. The summed E-state index contributed by atoms with van der Waals surface area (Å²) in [5, 5.41) is 4.88. The fourth-order valence-corrected chi connectivity index (χ4v) is 4.52. The quantitative estimate of drug-likeness (QED) is 0.172. The molecule has 2 amide bonds. The average molecular weight is 538 g/mol. The first-order valence-electron chi connectivity index (χ1n) is 10.6. The van der Waals surface area contributed by atoms with Crippen molar-refractivity contribution in [2.24, 2.45) is 0 Å². The van der Waals surface area contributed by atoms with Gasteiger partial charge in [-0.05, 0) is 53.9 Å². The van der Waals surface area contributed by atoms with Crippen LogP contribution in [0.1, 0.15) is 10.4 Å². The number of hydrogen-bond donors (Lipinski definition) is 1. The van der Waals surface area contributed by atoms with E-state index in [2.05, 4.69) is 5.32 Å². The molecule has 0 bridgehead atoms. The molecule has 5 rings (SSSR count). The first-order valence-corrected chi connectivity index (χ1v) is 11.8. The van der Waals surface area contributed by atoms with Crippen LogP contribution in [-0.2, 0) is 9.59 Å². The van der Waals surface area contributed by atoms with Gasteiger partial charge < -0.3 is 10.1 Å². The van der Waals surface area contributed by atoms with E-state index in [4.69, 9.17) is 39.5 Å². The van der Waals surface area contributed by atoms with E-state index in [0.29, 0.717) is 17.0 Å². The molecule has 0 saturated heterocycles. The number of nitrogens with one attached hydrogen (secondary N) is 1. The van der Waals surface area contributed by atoms with E-state index in [1.807, 2.05) is 36.4 Å². The molecule has 0 spiro atoms. The van der Waals surface area contributed by atoms with Crippen molar-refractivity contribution in [3.8, 4) is 5.75 Å². The lowest BCUT2D eigenvalue weighted by atomic mass is 10.1. The highest BCUT2D eigenvalue weighted by Gasteiger charge is 2.39. The van der Waals surface area contributed by atoms with Crippen LogP contribution < -0.4 is 15.0 Å². The minimum absolute atomic E-state index is 0.108. The van der Waals surface area contributed by atoms with Gasteiger partial charge in [-0.15, -0.1) is 0 Å². The highest BCUT2D eigenvalue weighted by atomic mass is 35.5. The Hall–Kier alpha value is -3.84. The summed E-state index contributed by atoms with van der Waals surface area (Å²) in [4.78, 5) is 39.3. The Labute approximate surface area is 220 Å². The van der Waals surface area contributed by atoms with Gasteiger partial charge in [0, 0.05) is 21.1 Å². The van der Waals surface area contributed by atoms with E-state index in [1.54, 1.807) is 30.3 Å². The Morgan fingerprint density at radius 2 is 1.44 bits per heavy atom. The lowest BCUT2D eigenvalue weighted by molar-refractivity contribution is -0.120. The largest absolute Gasteiger partial charge is 0.422 e. The van der Waals surface area contributed by atoms with Crippen molar-refractivity contribution in [2.45, 2.75) is 0 Å². The van der Waals surface area contributed by atoms with Gasteiger partial charge in [-0.2, -0.15) is 0 Å². The van der Waals surface area contributed by atoms with E-state index in [-0.39, 0.29) is 26.5 Å². The van der Waals surface area contributed by atoms with Crippen LogP contribution in [0.4, 0.5) is 11.4 Å². The van der Waals surface area contributed by atoms with Crippen molar-refractivity contribution in [3.05, 3.63) is 111 Å². The number of anilines is 2. The molecule has 4 aromatic carbocycles. The molecule has 0 aliphatic carbocycles. The molecule has 4 aromatic rings. The number of rotatable bonds is 5. The Morgan fingerprint density at radius 3 is 2.17 bits per heavy atom. The number of ether oxygens (including phenoxy) is 1. The summed E-state index contributed by atoms with van der Waals surface area (Å²) in [5.41, 5.74) is 0.836. The monoisotopic (exact) mass is 536 g/mol. The van der Waals surface area contributed by atoms with E-state index in [9.17, 15) is 14.4 Å². The van der Waals surface area contributed by atoms with Crippen molar-refractivity contribution in [3.63, 3.8) is 0 Å². The standard InChI is InChI=1S/C27H15Cl3N2O4/c28-17-12-18(29)14-20(13-17)32-25(33)23(30)24(26(32)34)31-19-10-8-16(9-11-19)27(35)36-22-7-3-5-15-4-1-2-6-21(15)22/h1-14,31H. The van der Waals surface area contributed by atoms with Gasteiger partial charge in [-0.3, -0.25) is 9.59 Å². The number of hydrogen-bond acceptors (Lipinski definition) is 5. The van der Waals surface area contributed by atoms with Crippen LogP contribution in [0.25, 0.3) is 10.8 Å². The summed E-state index contributed by atoms with van der Waals surface area (Å²) in [6.45, 7) is 0. The molecule has 36 heavy (non-hydrogen) atoms. The van der Waals surface area contributed by atoms with Crippen LogP contribution >= 0.6 is 34.8 Å². The number of fused-ring (bicyclic) bond motifs is 1. The minimum atomic E-state index is -0.710. The molecule has 0 radical (unpaired) electrons. The zero-order valence-electron chi connectivity index (χ0n) is 18.3. The van der Waals surface area contributed by atoms with Gasteiger partial charge in [-0.1, -0.05) is 71.2 Å². The van der Waals surface area contributed by atoms with Gasteiger partial charge in [0.2, 0.25) is 0 Å². The van der Waals surface area contributed by atoms with E-state index < -0.39 is 17.8 Å². The van der Waals surface area contributed by atoms with Gasteiger partial charge in [0.15, 0.2) is 0 Å². The fraction of sp³-hybridized carbons (Fsp3) is 0. The van der Waals surface area contributed by atoms with Crippen molar-refractivity contribution >= 4 is 74.7 Å². The van der Waals surface area contributed by atoms with Crippen molar-refractivity contribution < 1.29 is 19.1 Å². The minimum Gasteiger partial charge on any atom is -0.422 e. The van der Waals surface area contributed by atoms with Crippen LogP contribution in [0.2, 0.25) is 10.0 Å². The number of carbonyl (C=O) groups excluding carboxylic acids is 3. The number of halogens is 3. The molecule has 1 heterocycles. The second kappa shape index (κ2) is 9.66. The van der Waals surface area contributed by atoms with E-state index in [0.717, 1.165) is 15.7 Å². The first-order chi connectivity index (χ1) is 17.3. The first kappa shape index (κ1) is 23.9. The van der Waals surface area contributed by atoms with Gasteiger partial charge in [-0.25, -0.2) is 9.69 Å². The molecular weight excluding hydrogens is 523 g/mol. The smallest absolute Gasteiger partial charge is 0.343 e. The molecule has 178 valence electrons. The highest BCUT2D eigenvalue weighted by molar-refractivity contribution is 6.53. The molecule has 0 aromatic heterocycles. The van der Waals surface area contributed by atoms with Gasteiger partial charge in [0.05, 0.1) is 11.3 Å². The summed E-state index contributed by atoms with van der Waals surface area (Å²) >= 11 is 18.2. The molecule has 0 fully saturated rings. The third-order valence-corrected chi connectivity index (χ3v) is 6.26. The second-order valence-electron chi connectivity index (χ2n) is 7.83. The molecule has 6 nitrogen and oxygen atoms in total. The predicted octanol–water partition coefficient (Wildman–Crippen LogP) is 6.80. The number of benzene rings is 4.